The third-order valence-corrected chi connectivity index (χ3v) is 5.70. The minimum Gasteiger partial charge on any atom is -0.355 e. The molecule has 0 aliphatic carbocycles. The Labute approximate surface area is 191 Å². The summed E-state index contributed by atoms with van der Waals surface area (Å²) < 4.78 is 0. The molecule has 2 amide bonds. The largest absolute Gasteiger partial charge is 0.355 e. The molecule has 4 nitrogen and oxygen atoms in total. The Hall–Kier alpha value is -3.40. The van der Waals surface area contributed by atoms with E-state index in [-0.39, 0.29) is 18.2 Å². The lowest BCUT2D eigenvalue weighted by atomic mass is 10.00. The van der Waals surface area contributed by atoms with Crippen LogP contribution in [0.3, 0.4) is 0 Å². The average molecular weight is 429 g/mol. The summed E-state index contributed by atoms with van der Waals surface area (Å²) >= 11 is 0. The van der Waals surface area contributed by atoms with Gasteiger partial charge in [0.25, 0.3) is 0 Å². The zero-order valence-electron chi connectivity index (χ0n) is 19.2. The fourth-order valence-corrected chi connectivity index (χ4v) is 3.80. The van der Waals surface area contributed by atoms with Crippen molar-refractivity contribution >= 4 is 11.8 Å². The number of aryl methyl sites for hydroxylation is 2. The second-order valence-electron chi connectivity index (χ2n) is 8.21. The molecule has 3 aromatic carbocycles. The molecule has 3 rings (SSSR count). The molecule has 3 aromatic rings. The van der Waals surface area contributed by atoms with E-state index in [4.69, 9.17) is 0 Å². The smallest absolute Gasteiger partial charge is 0.243 e. The van der Waals surface area contributed by atoms with Crippen molar-refractivity contribution in [3.63, 3.8) is 0 Å². The highest BCUT2D eigenvalue weighted by Gasteiger charge is 2.30. The average Bonchev–Trinajstić information content (AvgIpc) is 2.79. The SMILES string of the molecule is CCNC(=O)[C@H](Cc1ccccc1)N(Cc1ccccc1C)C(=O)Cc1ccc(C)cc1. The number of amides is 2. The van der Waals surface area contributed by atoms with Crippen LogP contribution in [0, 0.1) is 13.8 Å². The molecule has 0 aromatic heterocycles. The van der Waals surface area contributed by atoms with E-state index in [1.807, 2.05) is 99.6 Å². The third kappa shape index (κ3) is 6.30. The van der Waals surface area contributed by atoms with Crippen LogP contribution in [0.5, 0.6) is 0 Å². The van der Waals surface area contributed by atoms with Crippen LogP contribution in [0.4, 0.5) is 0 Å². The Morgan fingerprint density at radius 3 is 2.16 bits per heavy atom. The molecule has 1 atom stereocenters. The molecule has 0 radical (unpaired) electrons. The van der Waals surface area contributed by atoms with E-state index >= 15 is 0 Å². The summed E-state index contributed by atoms with van der Waals surface area (Å²) in [7, 11) is 0. The maximum atomic E-state index is 13.6. The summed E-state index contributed by atoms with van der Waals surface area (Å²) in [5, 5.41) is 2.94. The van der Waals surface area contributed by atoms with Crippen LogP contribution in [0.25, 0.3) is 0 Å². The van der Waals surface area contributed by atoms with Crippen molar-refractivity contribution in [3.05, 3.63) is 107 Å². The minimum absolute atomic E-state index is 0.0516. The standard InChI is InChI=1S/C28H32N2O2/c1-4-29-28(32)26(18-23-11-6-5-7-12-23)30(20-25-13-9-8-10-22(25)3)27(31)19-24-16-14-21(2)15-17-24/h5-17,26H,4,18-20H2,1-3H3,(H,29,32)/t26-/m0/s1. The van der Waals surface area contributed by atoms with Crippen molar-refractivity contribution in [2.24, 2.45) is 0 Å². The number of carbonyl (C=O) groups is 2. The normalized spacial score (nSPS) is 11.6. The summed E-state index contributed by atoms with van der Waals surface area (Å²) in [4.78, 5) is 28.5. The summed E-state index contributed by atoms with van der Waals surface area (Å²) in [6.45, 7) is 6.88. The van der Waals surface area contributed by atoms with Crippen LogP contribution in [0.1, 0.15) is 34.7 Å². The minimum atomic E-state index is -0.588. The Morgan fingerprint density at radius 2 is 1.50 bits per heavy atom. The first-order valence-electron chi connectivity index (χ1n) is 11.2. The molecule has 0 aliphatic heterocycles. The molecule has 0 spiro atoms. The third-order valence-electron chi connectivity index (χ3n) is 5.70. The number of likely N-dealkylation sites (N-methyl/N-ethyl adjacent to an activating group) is 1. The second-order valence-corrected chi connectivity index (χ2v) is 8.21. The number of nitrogens with zero attached hydrogens (tertiary/aromatic N) is 1. The van der Waals surface area contributed by atoms with Gasteiger partial charge in [-0.25, -0.2) is 0 Å². The quantitative estimate of drug-likeness (QED) is 0.541. The van der Waals surface area contributed by atoms with Gasteiger partial charge in [-0.1, -0.05) is 84.4 Å². The van der Waals surface area contributed by atoms with Gasteiger partial charge in [-0.05, 0) is 43.0 Å². The lowest BCUT2D eigenvalue weighted by molar-refractivity contribution is -0.140. The van der Waals surface area contributed by atoms with Crippen molar-refractivity contribution in [1.82, 2.24) is 10.2 Å². The first kappa shape index (κ1) is 23.3. The van der Waals surface area contributed by atoms with Crippen molar-refractivity contribution in [1.29, 1.82) is 0 Å². The first-order valence-corrected chi connectivity index (χ1v) is 11.2. The zero-order valence-corrected chi connectivity index (χ0v) is 19.2. The van der Waals surface area contributed by atoms with Gasteiger partial charge in [-0.15, -0.1) is 0 Å². The maximum Gasteiger partial charge on any atom is 0.243 e. The molecular weight excluding hydrogens is 396 g/mol. The highest BCUT2D eigenvalue weighted by atomic mass is 16.2. The number of hydrogen-bond donors (Lipinski definition) is 1. The van der Waals surface area contributed by atoms with E-state index in [1.54, 1.807) is 4.90 Å². The van der Waals surface area contributed by atoms with Gasteiger partial charge in [0, 0.05) is 19.5 Å². The number of rotatable bonds is 9. The summed E-state index contributed by atoms with van der Waals surface area (Å²) in [6.07, 6.45) is 0.731. The maximum absolute atomic E-state index is 13.6. The van der Waals surface area contributed by atoms with Crippen LogP contribution in [-0.2, 0) is 29.0 Å². The number of hydrogen-bond acceptors (Lipinski definition) is 2. The number of carbonyl (C=O) groups excluding carboxylic acids is 2. The fourth-order valence-electron chi connectivity index (χ4n) is 3.80. The molecule has 0 unspecified atom stereocenters. The van der Waals surface area contributed by atoms with E-state index in [2.05, 4.69) is 5.32 Å². The topological polar surface area (TPSA) is 49.4 Å². The van der Waals surface area contributed by atoms with E-state index in [0.717, 1.165) is 27.8 Å². The number of benzene rings is 3. The molecular formula is C28H32N2O2. The second kappa shape index (κ2) is 11.3. The first-order chi connectivity index (χ1) is 15.5. The lowest BCUT2D eigenvalue weighted by Crippen LogP contribution is -2.51. The van der Waals surface area contributed by atoms with Gasteiger partial charge in [-0.2, -0.15) is 0 Å². The van der Waals surface area contributed by atoms with E-state index in [1.165, 1.54) is 0 Å². The van der Waals surface area contributed by atoms with Crippen molar-refractivity contribution in [2.45, 2.75) is 46.2 Å². The van der Waals surface area contributed by atoms with Crippen molar-refractivity contribution in [3.8, 4) is 0 Å². The van der Waals surface area contributed by atoms with Crippen LogP contribution >= 0.6 is 0 Å². The van der Waals surface area contributed by atoms with E-state index in [9.17, 15) is 9.59 Å². The molecule has 0 bridgehead atoms. The Bertz CT molecular complexity index is 1030. The van der Waals surface area contributed by atoms with E-state index < -0.39 is 6.04 Å². The molecule has 32 heavy (non-hydrogen) atoms. The molecule has 0 fully saturated rings. The summed E-state index contributed by atoms with van der Waals surface area (Å²) in [5.41, 5.74) is 5.29. The number of nitrogens with one attached hydrogen (secondary N) is 1. The van der Waals surface area contributed by atoms with Crippen molar-refractivity contribution in [2.75, 3.05) is 6.54 Å². The van der Waals surface area contributed by atoms with Gasteiger partial charge in [0.05, 0.1) is 6.42 Å². The highest BCUT2D eigenvalue weighted by Crippen LogP contribution is 2.18. The van der Waals surface area contributed by atoms with E-state index in [0.29, 0.717) is 19.5 Å². The molecule has 166 valence electrons. The Kier molecular flexibility index (Phi) is 8.20. The summed E-state index contributed by atoms with van der Waals surface area (Å²) in [6, 6.07) is 25.3. The van der Waals surface area contributed by atoms with Crippen LogP contribution in [-0.4, -0.2) is 29.3 Å². The molecule has 0 aliphatic rings. The van der Waals surface area contributed by atoms with Gasteiger partial charge in [-0.3, -0.25) is 9.59 Å². The molecule has 0 saturated heterocycles. The van der Waals surface area contributed by atoms with Gasteiger partial charge >= 0.3 is 0 Å². The molecule has 0 heterocycles. The van der Waals surface area contributed by atoms with Gasteiger partial charge < -0.3 is 10.2 Å². The van der Waals surface area contributed by atoms with Crippen molar-refractivity contribution < 1.29 is 9.59 Å². The predicted molar refractivity (Wildman–Crippen MR) is 129 cm³/mol. The Morgan fingerprint density at radius 1 is 0.844 bits per heavy atom. The predicted octanol–water partition coefficient (Wildman–Crippen LogP) is 4.62. The highest BCUT2D eigenvalue weighted by molar-refractivity contribution is 5.88. The lowest BCUT2D eigenvalue weighted by Gasteiger charge is -2.32. The van der Waals surface area contributed by atoms with Crippen LogP contribution in [0.15, 0.2) is 78.9 Å². The summed E-state index contributed by atoms with van der Waals surface area (Å²) in [5.74, 6) is -0.175. The van der Waals surface area contributed by atoms with Crippen LogP contribution in [0.2, 0.25) is 0 Å². The fraction of sp³-hybridized carbons (Fsp3) is 0.286. The van der Waals surface area contributed by atoms with Gasteiger partial charge in [0.15, 0.2) is 0 Å². The molecule has 4 heteroatoms. The molecule has 0 saturated carbocycles. The monoisotopic (exact) mass is 428 g/mol. The van der Waals surface area contributed by atoms with Crippen LogP contribution < -0.4 is 5.32 Å². The molecule has 1 N–H and O–H groups in total. The Balaban J connectivity index is 1.95. The van der Waals surface area contributed by atoms with Gasteiger partial charge in [0.1, 0.15) is 6.04 Å². The van der Waals surface area contributed by atoms with Gasteiger partial charge in [0.2, 0.25) is 11.8 Å². The zero-order chi connectivity index (χ0) is 22.9.